The number of nitrogens with zero attached hydrogens (tertiary/aromatic N) is 1. The summed E-state index contributed by atoms with van der Waals surface area (Å²) in [7, 11) is 0. The molecule has 2 rings (SSSR count). The number of anilines is 2. The van der Waals surface area contributed by atoms with Gasteiger partial charge in [-0.05, 0) is 32.8 Å². The average molecular weight is 297 g/mol. The molecule has 1 aliphatic rings. The largest absolute Gasteiger partial charge is 0.397 e. The lowest BCUT2D eigenvalue weighted by molar-refractivity contribution is 0.0960. The van der Waals surface area contributed by atoms with Gasteiger partial charge in [-0.25, -0.2) is 0 Å². The molecule has 1 fully saturated rings. The molecule has 0 spiro atoms. The molecule has 20 heavy (non-hydrogen) atoms. The van der Waals surface area contributed by atoms with Gasteiger partial charge in [0.15, 0.2) is 0 Å². The molecular weight excluding hydrogens is 274 g/mol. The summed E-state index contributed by atoms with van der Waals surface area (Å²) >= 11 is 1.46. The number of amides is 1. The van der Waals surface area contributed by atoms with E-state index in [4.69, 9.17) is 10.5 Å². The van der Waals surface area contributed by atoms with Crippen LogP contribution in [0.5, 0.6) is 0 Å². The van der Waals surface area contributed by atoms with Crippen molar-refractivity contribution in [1.29, 1.82) is 0 Å². The molecule has 3 N–H and O–H groups in total. The molecule has 0 saturated carbocycles. The van der Waals surface area contributed by atoms with Gasteiger partial charge in [-0.3, -0.25) is 4.79 Å². The number of carbonyl (C=O) groups excluding carboxylic acids is 1. The molecule has 1 aromatic rings. The van der Waals surface area contributed by atoms with Crippen molar-refractivity contribution in [2.45, 2.75) is 32.8 Å². The fourth-order valence-corrected chi connectivity index (χ4v) is 3.44. The second kappa shape index (κ2) is 6.95. The molecule has 0 aromatic carbocycles. The van der Waals surface area contributed by atoms with Gasteiger partial charge in [0.25, 0.3) is 5.91 Å². The molecule has 1 atom stereocenters. The Morgan fingerprint density at radius 2 is 2.40 bits per heavy atom. The average Bonchev–Trinajstić information content (AvgIpc) is 3.05. The Balaban J connectivity index is 2.09. The maximum Gasteiger partial charge on any atom is 0.263 e. The van der Waals surface area contributed by atoms with E-state index < -0.39 is 0 Å². The van der Waals surface area contributed by atoms with Crippen LogP contribution >= 0.6 is 11.3 Å². The molecule has 5 nitrogen and oxygen atoms in total. The smallest absolute Gasteiger partial charge is 0.263 e. The van der Waals surface area contributed by atoms with Crippen molar-refractivity contribution in [3.8, 4) is 0 Å². The lowest BCUT2D eigenvalue weighted by Crippen LogP contribution is -2.31. The maximum absolute atomic E-state index is 11.9. The summed E-state index contributed by atoms with van der Waals surface area (Å²) in [6.07, 6.45) is 2.55. The molecule has 1 amide bonds. The second-order valence-corrected chi connectivity index (χ2v) is 5.93. The van der Waals surface area contributed by atoms with Gasteiger partial charge in [-0.1, -0.05) is 0 Å². The van der Waals surface area contributed by atoms with E-state index in [1.807, 2.05) is 13.0 Å². The standard InChI is InChI=1S/C14H23N3O2S/c1-3-16-14(18)13-11(15)8-12(20-13)17(4-2)9-10-6-5-7-19-10/h8,10H,3-7,9,15H2,1-2H3,(H,16,18). The normalized spacial score (nSPS) is 18.2. The first-order chi connectivity index (χ1) is 9.65. The van der Waals surface area contributed by atoms with Gasteiger partial charge in [-0.15, -0.1) is 11.3 Å². The monoisotopic (exact) mass is 297 g/mol. The molecule has 0 radical (unpaired) electrons. The van der Waals surface area contributed by atoms with Crippen molar-refractivity contribution in [2.75, 3.05) is 36.9 Å². The number of nitrogen functional groups attached to an aromatic ring is 1. The third kappa shape index (κ3) is 3.43. The molecule has 112 valence electrons. The number of likely N-dealkylation sites (N-methyl/N-ethyl adjacent to an activating group) is 1. The van der Waals surface area contributed by atoms with Crippen LogP contribution in [0.4, 0.5) is 10.7 Å². The van der Waals surface area contributed by atoms with E-state index in [-0.39, 0.29) is 5.91 Å². The molecule has 1 aliphatic heterocycles. The minimum Gasteiger partial charge on any atom is -0.397 e. The van der Waals surface area contributed by atoms with E-state index in [9.17, 15) is 4.79 Å². The lowest BCUT2D eigenvalue weighted by Gasteiger charge is -2.24. The SMILES string of the molecule is CCNC(=O)c1sc(N(CC)CC2CCCO2)cc1N. The van der Waals surface area contributed by atoms with Crippen LogP contribution in [0.3, 0.4) is 0 Å². The first-order valence-electron chi connectivity index (χ1n) is 7.19. The summed E-state index contributed by atoms with van der Waals surface area (Å²) in [5.74, 6) is -0.0885. The van der Waals surface area contributed by atoms with Crippen LogP contribution < -0.4 is 16.0 Å². The number of ether oxygens (including phenoxy) is 1. The number of rotatable bonds is 6. The zero-order chi connectivity index (χ0) is 14.5. The first kappa shape index (κ1) is 15.1. The van der Waals surface area contributed by atoms with E-state index >= 15 is 0 Å². The summed E-state index contributed by atoms with van der Waals surface area (Å²) in [5.41, 5.74) is 6.52. The molecule has 2 heterocycles. The molecule has 1 aromatic heterocycles. The zero-order valence-corrected chi connectivity index (χ0v) is 13.0. The van der Waals surface area contributed by atoms with Gasteiger partial charge in [0.2, 0.25) is 0 Å². The van der Waals surface area contributed by atoms with Gasteiger partial charge < -0.3 is 20.7 Å². The van der Waals surface area contributed by atoms with Crippen LogP contribution in [-0.2, 0) is 4.74 Å². The lowest BCUT2D eigenvalue weighted by atomic mass is 10.2. The van der Waals surface area contributed by atoms with Crippen LogP contribution in [0.15, 0.2) is 6.07 Å². The number of thiophene rings is 1. The van der Waals surface area contributed by atoms with Gasteiger partial charge >= 0.3 is 0 Å². The summed E-state index contributed by atoms with van der Waals surface area (Å²) in [6.45, 7) is 7.23. The molecule has 6 heteroatoms. The minimum atomic E-state index is -0.0885. The topological polar surface area (TPSA) is 67.6 Å². The number of nitrogens with two attached hydrogens (primary N) is 1. The molecule has 1 saturated heterocycles. The second-order valence-electron chi connectivity index (χ2n) is 4.90. The Kier molecular flexibility index (Phi) is 5.25. The first-order valence-corrected chi connectivity index (χ1v) is 8.01. The summed E-state index contributed by atoms with van der Waals surface area (Å²) in [4.78, 5) is 14.8. The summed E-state index contributed by atoms with van der Waals surface area (Å²) in [5, 5.41) is 3.84. The Morgan fingerprint density at radius 3 is 3.00 bits per heavy atom. The predicted molar refractivity (Wildman–Crippen MR) is 83.6 cm³/mol. The zero-order valence-electron chi connectivity index (χ0n) is 12.1. The van der Waals surface area contributed by atoms with Gasteiger partial charge in [-0.2, -0.15) is 0 Å². The van der Waals surface area contributed by atoms with Crippen molar-refractivity contribution in [2.24, 2.45) is 0 Å². The van der Waals surface area contributed by atoms with Crippen molar-refractivity contribution < 1.29 is 9.53 Å². The van der Waals surface area contributed by atoms with Crippen LogP contribution in [0.25, 0.3) is 0 Å². The van der Waals surface area contributed by atoms with E-state index in [2.05, 4.69) is 17.1 Å². The van der Waals surface area contributed by atoms with E-state index in [0.29, 0.717) is 23.2 Å². The Bertz CT molecular complexity index is 455. The van der Waals surface area contributed by atoms with Crippen molar-refractivity contribution in [1.82, 2.24) is 5.32 Å². The Labute approximate surface area is 124 Å². The molecular formula is C14H23N3O2S. The number of hydrogen-bond donors (Lipinski definition) is 2. The predicted octanol–water partition coefficient (Wildman–Crippen LogP) is 2.09. The van der Waals surface area contributed by atoms with Crippen LogP contribution in [-0.4, -0.2) is 38.3 Å². The highest BCUT2D eigenvalue weighted by Crippen LogP contribution is 2.32. The molecule has 0 aliphatic carbocycles. The van der Waals surface area contributed by atoms with E-state index in [0.717, 1.165) is 37.5 Å². The third-order valence-electron chi connectivity index (χ3n) is 3.43. The van der Waals surface area contributed by atoms with Crippen molar-refractivity contribution >= 4 is 27.9 Å². The summed E-state index contributed by atoms with van der Waals surface area (Å²) in [6, 6.07) is 1.90. The Hall–Kier alpha value is -1.27. The van der Waals surface area contributed by atoms with Crippen molar-refractivity contribution in [3.63, 3.8) is 0 Å². The quantitative estimate of drug-likeness (QED) is 0.843. The highest BCUT2D eigenvalue weighted by molar-refractivity contribution is 7.18. The highest BCUT2D eigenvalue weighted by atomic mass is 32.1. The highest BCUT2D eigenvalue weighted by Gasteiger charge is 2.21. The van der Waals surface area contributed by atoms with Crippen LogP contribution in [0.2, 0.25) is 0 Å². The third-order valence-corrected chi connectivity index (χ3v) is 4.64. The van der Waals surface area contributed by atoms with Crippen LogP contribution in [0, 0.1) is 0 Å². The number of hydrogen-bond acceptors (Lipinski definition) is 5. The van der Waals surface area contributed by atoms with Gasteiger partial charge in [0, 0.05) is 26.2 Å². The minimum absolute atomic E-state index is 0.0885. The van der Waals surface area contributed by atoms with Crippen molar-refractivity contribution in [3.05, 3.63) is 10.9 Å². The fraction of sp³-hybridized carbons (Fsp3) is 0.643. The van der Waals surface area contributed by atoms with E-state index in [1.54, 1.807) is 0 Å². The molecule has 1 unspecified atom stereocenters. The van der Waals surface area contributed by atoms with Crippen LogP contribution in [0.1, 0.15) is 36.4 Å². The van der Waals surface area contributed by atoms with E-state index in [1.165, 1.54) is 11.3 Å². The molecule has 0 bridgehead atoms. The van der Waals surface area contributed by atoms with Gasteiger partial charge in [0.05, 0.1) is 16.8 Å². The fourth-order valence-electron chi connectivity index (χ4n) is 2.37. The Morgan fingerprint density at radius 1 is 1.60 bits per heavy atom. The summed E-state index contributed by atoms with van der Waals surface area (Å²) < 4.78 is 5.68. The number of carbonyl (C=O) groups is 1. The maximum atomic E-state index is 11.9. The van der Waals surface area contributed by atoms with Gasteiger partial charge in [0.1, 0.15) is 4.88 Å². The number of nitrogens with one attached hydrogen (secondary N) is 1.